The van der Waals surface area contributed by atoms with Crippen molar-refractivity contribution in [2.75, 3.05) is 12.8 Å². The van der Waals surface area contributed by atoms with Gasteiger partial charge >= 0.3 is 0 Å². The number of rotatable bonds is 8. The van der Waals surface area contributed by atoms with Gasteiger partial charge in [0.15, 0.2) is 17.2 Å². The molecule has 0 bridgehead atoms. The predicted molar refractivity (Wildman–Crippen MR) is 130 cm³/mol. The van der Waals surface area contributed by atoms with Crippen molar-refractivity contribution in [2.45, 2.75) is 13.5 Å². The summed E-state index contributed by atoms with van der Waals surface area (Å²) in [6, 6.07) is 10.9. The lowest BCUT2D eigenvalue weighted by Crippen LogP contribution is -2.22. The molecular formula is C21H18BrClN8O4. The van der Waals surface area contributed by atoms with E-state index < -0.39 is 5.91 Å². The molecule has 4 aromatic rings. The summed E-state index contributed by atoms with van der Waals surface area (Å²) < 4.78 is 17.7. The van der Waals surface area contributed by atoms with Crippen LogP contribution in [0.4, 0.5) is 5.82 Å². The maximum absolute atomic E-state index is 12.7. The maximum atomic E-state index is 12.7. The van der Waals surface area contributed by atoms with Gasteiger partial charge in [-0.15, -0.1) is 5.10 Å². The first kappa shape index (κ1) is 24.2. The Bertz CT molecular complexity index is 1400. The van der Waals surface area contributed by atoms with Gasteiger partial charge in [0.1, 0.15) is 6.61 Å². The molecule has 35 heavy (non-hydrogen) atoms. The zero-order valence-corrected chi connectivity index (χ0v) is 20.7. The second-order valence-electron chi connectivity index (χ2n) is 7.02. The second kappa shape index (κ2) is 10.5. The van der Waals surface area contributed by atoms with Crippen LogP contribution >= 0.6 is 27.5 Å². The van der Waals surface area contributed by atoms with Crippen LogP contribution in [-0.4, -0.2) is 44.5 Å². The number of amides is 1. The number of carbonyl (C=O) groups is 1. The van der Waals surface area contributed by atoms with Gasteiger partial charge in [-0.2, -0.15) is 9.78 Å². The number of methoxy groups -OCH3 is 1. The Morgan fingerprint density at radius 2 is 2.14 bits per heavy atom. The fourth-order valence-corrected chi connectivity index (χ4v) is 3.81. The number of aryl methyl sites for hydroxylation is 1. The molecule has 1 amide bonds. The summed E-state index contributed by atoms with van der Waals surface area (Å²) in [4.78, 5) is 12.7. The third-order valence-electron chi connectivity index (χ3n) is 4.71. The molecule has 0 aliphatic carbocycles. The van der Waals surface area contributed by atoms with Crippen molar-refractivity contribution < 1.29 is 18.9 Å². The molecule has 0 aliphatic rings. The van der Waals surface area contributed by atoms with Gasteiger partial charge in [-0.1, -0.05) is 35.0 Å². The summed E-state index contributed by atoms with van der Waals surface area (Å²) in [5.41, 5.74) is 10.0. The Kier molecular flexibility index (Phi) is 7.27. The molecule has 2 aromatic heterocycles. The number of aromatic nitrogens is 5. The molecule has 4 rings (SSSR count). The summed E-state index contributed by atoms with van der Waals surface area (Å²) in [7, 11) is 1.52. The number of benzene rings is 2. The minimum absolute atomic E-state index is 0.0405. The molecular weight excluding hydrogens is 544 g/mol. The first-order valence-corrected chi connectivity index (χ1v) is 11.1. The smallest absolute Gasteiger partial charge is 0.292 e. The lowest BCUT2D eigenvalue weighted by Gasteiger charge is -2.14. The minimum atomic E-state index is -0.586. The van der Waals surface area contributed by atoms with Gasteiger partial charge in [-0.25, -0.2) is 10.1 Å². The number of anilines is 1. The van der Waals surface area contributed by atoms with Crippen molar-refractivity contribution in [1.82, 2.24) is 30.7 Å². The van der Waals surface area contributed by atoms with Crippen LogP contribution in [0, 0.1) is 6.92 Å². The SMILES string of the molecule is COc1cc(/C=N/NC(=O)c2c(C)nnn2-c2nonc2N)cc(Br)c1OCc1ccccc1Cl. The molecule has 2 aromatic carbocycles. The van der Waals surface area contributed by atoms with E-state index in [1.807, 2.05) is 18.2 Å². The number of nitrogens with two attached hydrogens (primary N) is 1. The summed E-state index contributed by atoms with van der Waals surface area (Å²) >= 11 is 9.69. The number of ether oxygens (including phenoxy) is 2. The van der Waals surface area contributed by atoms with Crippen molar-refractivity contribution in [2.24, 2.45) is 5.10 Å². The van der Waals surface area contributed by atoms with Gasteiger partial charge in [0, 0.05) is 10.6 Å². The molecule has 0 aliphatic heterocycles. The van der Waals surface area contributed by atoms with E-state index in [0.717, 1.165) is 10.2 Å². The molecule has 0 unspecified atom stereocenters. The highest BCUT2D eigenvalue weighted by Gasteiger charge is 2.22. The summed E-state index contributed by atoms with van der Waals surface area (Å²) in [5, 5.41) is 19.5. The molecule has 0 saturated heterocycles. The molecule has 12 nitrogen and oxygen atoms in total. The average molecular weight is 562 g/mol. The van der Waals surface area contributed by atoms with Gasteiger partial charge in [0.2, 0.25) is 11.6 Å². The fraction of sp³-hybridized carbons (Fsp3) is 0.143. The molecule has 0 fully saturated rings. The minimum Gasteiger partial charge on any atom is -0.493 e. The number of nitrogen functional groups attached to an aromatic ring is 1. The highest BCUT2D eigenvalue weighted by atomic mass is 79.9. The van der Waals surface area contributed by atoms with E-state index in [-0.39, 0.29) is 23.9 Å². The van der Waals surface area contributed by atoms with Gasteiger partial charge in [0.05, 0.1) is 23.5 Å². The van der Waals surface area contributed by atoms with Crippen molar-refractivity contribution >= 4 is 45.5 Å². The first-order chi connectivity index (χ1) is 16.9. The van der Waals surface area contributed by atoms with Crippen LogP contribution in [0.1, 0.15) is 27.3 Å². The van der Waals surface area contributed by atoms with Crippen LogP contribution in [0.15, 0.2) is 50.6 Å². The Hall–Kier alpha value is -3.97. The molecule has 180 valence electrons. The van der Waals surface area contributed by atoms with Gasteiger partial charge in [-0.3, -0.25) is 4.79 Å². The van der Waals surface area contributed by atoms with E-state index in [1.165, 1.54) is 13.3 Å². The van der Waals surface area contributed by atoms with Crippen molar-refractivity contribution in [1.29, 1.82) is 0 Å². The largest absolute Gasteiger partial charge is 0.493 e. The highest BCUT2D eigenvalue weighted by Crippen LogP contribution is 2.37. The number of hydrogen-bond donors (Lipinski definition) is 2. The average Bonchev–Trinajstić information content (AvgIpc) is 3.43. The van der Waals surface area contributed by atoms with Crippen LogP contribution in [-0.2, 0) is 6.61 Å². The number of nitrogens with one attached hydrogen (secondary N) is 1. The quantitative estimate of drug-likeness (QED) is 0.243. The molecule has 2 heterocycles. The molecule has 0 atom stereocenters. The Morgan fingerprint density at radius 1 is 1.34 bits per heavy atom. The number of carbonyl (C=O) groups excluding carboxylic acids is 1. The van der Waals surface area contributed by atoms with Gasteiger partial charge < -0.3 is 15.2 Å². The lowest BCUT2D eigenvalue weighted by atomic mass is 10.2. The summed E-state index contributed by atoms with van der Waals surface area (Å²) in [6.45, 7) is 1.86. The second-order valence-corrected chi connectivity index (χ2v) is 8.28. The van der Waals surface area contributed by atoms with E-state index in [9.17, 15) is 4.79 Å². The number of nitrogens with zero attached hydrogens (tertiary/aromatic N) is 6. The standard InChI is InChI=1S/C21H18BrClN8O4/c1-11-17(31(30-26-11)20-19(24)28-35-29-20)21(32)27-25-9-12-7-14(22)18(16(8-12)33-2)34-10-13-5-3-4-6-15(13)23/h3-9H,10H2,1-2H3,(H2,24,28)(H,27,32)/b25-9+. The zero-order valence-electron chi connectivity index (χ0n) is 18.4. The van der Waals surface area contributed by atoms with E-state index in [1.54, 1.807) is 25.1 Å². The molecule has 14 heteroatoms. The van der Waals surface area contributed by atoms with Crippen LogP contribution in [0.5, 0.6) is 11.5 Å². The topological polar surface area (TPSA) is 156 Å². The number of hydrazone groups is 1. The van der Waals surface area contributed by atoms with E-state index in [4.69, 9.17) is 26.8 Å². The van der Waals surface area contributed by atoms with Crippen LogP contribution in [0.25, 0.3) is 5.82 Å². The molecule has 0 spiro atoms. The molecule has 0 saturated carbocycles. The normalized spacial score (nSPS) is 11.1. The first-order valence-electron chi connectivity index (χ1n) is 9.97. The summed E-state index contributed by atoms with van der Waals surface area (Å²) in [6.07, 6.45) is 1.44. The predicted octanol–water partition coefficient (Wildman–Crippen LogP) is 3.31. The Morgan fingerprint density at radius 3 is 2.86 bits per heavy atom. The van der Waals surface area contributed by atoms with E-state index >= 15 is 0 Å². The lowest BCUT2D eigenvalue weighted by molar-refractivity contribution is 0.0946. The van der Waals surface area contributed by atoms with Crippen LogP contribution in [0.3, 0.4) is 0 Å². The van der Waals surface area contributed by atoms with Crippen molar-refractivity contribution in [3.63, 3.8) is 0 Å². The Balaban J connectivity index is 1.49. The maximum Gasteiger partial charge on any atom is 0.292 e. The Labute approximate surface area is 212 Å². The van der Waals surface area contributed by atoms with Gasteiger partial charge in [-0.05, 0) is 56.9 Å². The number of hydrogen-bond acceptors (Lipinski definition) is 10. The van der Waals surface area contributed by atoms with E-state index in [2.05, 4.69) is 51.7 Å². The highest BCUT2D eigenvalue weighted by molar-refractivity contribution is 9.10. The monoisotopic (exact) mass is 560 g/mol. The zero-order chi connectivity index (χ0) is 24.9. The third-order valence-corrected chi connectivity index (χ3v) is 5.67. The van der Waals surface area contributed by atoms with Crippen molar-refractivity contribution in [3.8, 4) is 17.3 Å². The van der Waals surface area contributed by atoms with Crippen molar-refractivity contribution in [3.05, 3.63) is 68.4 Å². The van der Waals surface area contributed by atoms with Crippen LogP contribution in [0.2, 0.25) is 5.02 Å². The summed E-state index contributed by atoms with van der Waals surface area (Å²) in [5.74, 6) is 0.378. The molecule has 3 N–H and O–H groups in total. The van der Waals surface area contributed by atoms with Gasteiger partial charge in [0.25, 0.3) is 5.91 Å². The number of halogens is 2. The molecule has 0 radical (unpaired) electrons. The van der Waals surface area contributed by atoms with Crippen LogP contribution < -0.4 is 20.6 Å². The third kappa shape index (κ3) is 5.25. The van der Waals surface area contributed by atoms with E-state index in [0.29, 0.717) is 32.3 Å². The fourth-order valence-electron chi connectivity index (χ4n) is 3.04.